The zero-order valence-corrected chi connectivity index (χ0v) is 25.9. The summed E-state index contributed by atoms with van der Waals surface area (Å²) in [5.41, 5.74) is 2.29. The van der Waals surface area contributed by atoms with Crippen molar-refractivity contribution >= 4 is 50.7 Å². The van der Waals surface area contributed by atoms with E-state index in [1.807, 2.05) is 34.6 Å². The SMILES string of the molecule is Cc1ccc(N(CC(=O)N(Cc2ccc(Cl)c(Cl)c2)[C@H](C)C(=O)NC(C)(C)C)S(=O)(=O)c2ccc(C)cc2)cc1. The van der Waals surface area contributed by atoms with Crippen LogP contribution in [-0.2, 0) is 26.2 Å². The molecule has 0 aliphatic rings. The van der Waals surface area contributed by atoms with Crippen molar-refractivity contribution in [3.63, 3.8) is 0 Å². The van der Waals surface area contributed by atoms with Gasteiger partial charge in [0.15, 0.2) is 0 Å². The third-order valence-electron chi connectivity index (χ3n) is 6.21. The summed E-state index contributed by atoms with van der Waals surface area (Å²) in [6, 6.07) is 17.4. The van der Waals surface area contributed by atoms with Crippen molar-refractivity contribution in [1.29, 1.82) is 0 Å². The van der Waals surface area contributed by atoms with Crippen LogP contribution >= 0.6 is 23.2 Å². The molecule has 0 unspecified atom stereocenters. The number of hydrogen-bond acceptors (Lipinski definition) is 4. The van der Waals surface area contributed by atoms with Gasteiger partial charge in [-0.05, 0) is 83.5 Å². The molecular formula is C30H35Cl2N3O4S. The van der Waals surface area contributed by atoms with Gasteiger partial charge in [-0.2, -0.15) is 0 Å². The van der Waals surface area contributed by atoms with Crippen molar-refractivity contribution in [2.24, 2.45) is 0 Å². The second-order valence-electron chi connectivity index (χ2n) is 10.8. The van der Waals surface area contributed by atoms with Gasteiger partial charge < -0.3 is 10.2 Å². The van der Waals surface area contributed by atoms with Crippen LogP contribution in [0.3, 0.4) is 0 Å². The Labute approximate surface area is 247 Å². The van der Waals surface area contributed by atoms with Gasteiger partial charge in [0.25, 0.3) is 10.0 Å². The van der Waals surface area contributed by atoms with E-state index in [0.29, 0.717) is 21.3 Å². The van der Waals surface area contributed by atoms with Crippen molar-refractivity contribution in [2.45, 2.75) is 64.6 Å². The van der Waals surface area contributed by atoms with Gasteiger partial charge in [0.05, 0.1) is 20.6 Å². The predicted molar refractivity (Wildman–Crippen MR) is 161 cm³/mol. The number of benzene rings is 3. The average molecular weight is 605 g/mol. The van der Waals surface area contributed by atoms with Crippen LogP contribution in [0.2, 0.25) is 10.0 Å². The molecule has 0 saturated heterocycles. The fourth-order valence-electron chi connectivity index (χ4n) is 3.97. The Hall–Kier alpha value is -3.07. The first kappa shape index (κ1) is 31.5. The van der Waals surface area contributed by atoms with Gasteiger partial charge in [-0.15, -0.1) is 0 Å². The van der Waals surface area contributed by atoms with Gasteiger partial charge in [0, 0.05) is 12.1 Å². The quantitative estimate of drug-likeness (QED) is 0.318. The lowest BCUT2D eigenvalue weighted by molar-refractivity contribution is -0.140. The Morgan fingerprint density at radius 1 is 0.875 bits per heavy atom. The predicted octanol–water partition coefficient (Wildman–Crippen LogP) is 6.14. The van der Waals surface area contributed by atoms with E-state index in [2.05, 4.69) is 5.32 Å². The Morgan fingerprint density at radius 3 is 1.95 bits per heavy atom. The second-order valence-corrected chi connectivity index (χ2v) is 13.5. The van der Waals surface area contributed by atoms with Crippen molar-refractivity contribution in [3.05, 3.63) is 93.5 Å². The standard InChI is InChI=1S/C30H35Cl2N3O4S/c1-20-7-12-24(13-8-20)35(40(38,39)25-14-9-21(2)10-15-25)19-28(36)34(22(3)29(37)33-30(4,5)6)18-23-11-16-26(31)27(32)17-23/h7-17,22H,18-19H2,1-6H3,(H,33,37)/t22-/m1/s1. The number of carbonyl (C=O) groups is 2. The number of sulfonamides is 1. The lowest BCUT2D eigenvalue weighted by atomic mass is 10.1. The number of carbonyl (C=O) groups excluding carboxylic acids is 2. The summed E-state index contributed by atoms with van der Waals surface area (Å²) in [6.45, 7) is 10.4. The highest BCUT2D eigenvalue weighted by molar-refractivity contribution is 7.92. The molecular weight excluding hydrogens is 569 g/mol. The Kier molecular flexibility index (Phi) is 9.93. The van der Waals surface area contributed by atoms with Crippen LogP contribution in [-0.4, -0.2) is 43.3 Å². The smallest absolute Gasteiger partial charge is 0.264 e. The monoisotopic (exact) mass is 603 g/mol. The van der Waals surface area contributed by atoms with Crippen LogP contribution < -0.4 is 9.62 Å². The number of nitrogens with one attached hydrogen (secondary N) is 1. The molecule has 0 heterocycles. The van der Waals surface area contributed by atoms with Crippen LogP contribution in [0.5, 0.6) is 0 Å². The van der Waals surface area contributed by atoms with Gasteiger partial charge >= 0.3 is 0 Å². The molecule has 3 aromatic rings. The first-order chi connectivity index (χ1) is 18.6. The third-order valence-corrected chi connectivity index (χ3v) is 8.74. The highest BCUT2D eigenvalue weighted by Crippen LogP contribution is 2.27. The minimum absolute atomic E-state index is 0.0147. The number of rotatable bonds is 9. The minimum atomic E-state index is -4.13. The largest absolute Gasteiger partial charge is 0.350 e. The number of hydrogen-bond donors (Lipinski definition) is 1. The summed E-state index contributed by atoms with van der Waals surface area (Å²) >= 11 is 12.3. The highest BCUT2D eigenvalue weighted by Gasteiger charge is 2.33. The Bertz CT molecular complexity index is 1470. The molecule has 0 aliphatic carbocycles. The molecule has 3 aromatic carbocycles. The lowest BCUT2D eigenvalue weighted by Gasteiger charge is -2.33. The Morgan fingerprint density at radius 2 is 1.43 bits per heavy atom. The third kappa shape index (κ3) is 7.99. The van der Waals surface area contributed by atoms with Gasteiger partial charge in [-0.25, -0.2) is 8.42 Å². The molecule has 1 N–H and O–H groups in total. The van der Waals surface area contributed by atoms with E-state index < -0.39 is 34.1 Å². The number of aryl methyl sites for hydroxylation is 2. The maximum absolute atomic E-state index is 14.0. The molecule has 2 amide bonds. The summed E-state index contributed by atoms with van der Waals surface area (Å²) < 4.78 is 28.8. The maximum Gasteiger partial charge on any atom is 0.264 e. The fraction of sp³-hybridized carbons (Fsp3) is 0.333. The summed E-state index contributed by atoms with van der Waals surface area (Å²) in [4.78, 5) is 28.6. The normalized spacial score (nSPS) is 12.5. The van der Waals surface area contributed by atoms with Crippen LogP contribution in [0, 0.1) is 13.8 Å². The maximum atomic E-state index is 14.0. The molecule has 0 radical (unpaired) electrons. The van der Waals surface area contributed by atoms with Crippen LogP contribution in [0.15, 0.2) is 71.6 Å². The number of amides is 2. The number of halogens is 2. The molecule has 0 saturated carbocycles. The zero-order chi connectivity index (χ0) is 29.8. The number of anilines is 1. The van der Waals surface area contributed by atoms with Crippen LogP contribution in [0.4, 0.5) is 5.69 Å². The molecule has 40 heavy (non-hydrogen) atoms. The summed E-state index contributed by atoms with van der Waals surface area (Å²) in [7, 11) is -4.13. The fourth-order valence-corrected chi connectivity index (χ4v) is 5.70. The molecule has 0 bridgehead atoms. The van der Waals surface area contributed by atoms with E-state index in [-0.39, 0.29) is 17.3 Å². The van der Waals surface area contributed by atoms with Crippen molar-refractivity contribution in [1.82, 2.24) is 10.2 Å². The second kappa shape index (κ2) is 12.6. The molecule has 0 aliphatic heterocycles. The van der Waals surface area contributed by atoms with E-state index in [0.717, 1.165) is 15.4 Å². The average Bonchev–Trinajstić information content (AvgIpc) is 2.87. The van der Waals surface area contributed by atoms with Crippen molar-refractivity contribution < 1.29 is 18.0 Å². The summed E-state index contributed by atoms with van der Waals surface area (Å²) in [5.74, 6) is -0.928. The van der Waals surface area contributed by atoms with Gasteiger partial charge in [-0.3, -0.25) is 13.9 Å². The molecule has 0 spiro atoms. The van der Waals surface area contributed by atoms with Crippen LogP contribution in [0.1, 0.15) is 44.4 Å². The molecule has 3 rings (SSSR count). The highest BCUT2D eigenvalue weighted by atomic mass is 35.5. The molecule has 214 valence electrons. The Balaban J connectivity index is 2.04. The zero-order valence-electron chi connectivity index (χ0n) is 23.5. The van der Waals surface area contributed by atoms with Crippen LogP contribution in [0.25, 0.3) is 0 Å². The van der Waals surface area contributed by atoms with Gasteiger partial charge in [-0.1, -0.05) is 64.7 Å². The minimum Gasteiger partial charge on any atom is -0.350 e. The molecule has 0 aromatic heterocycles. The van der Waals surface area contributed by atoms with E-state index in [4.69, 9.17) is 23.2 Å². The molecule has 0 fully saturated rings. The topological polar surface area (TPSA) is 86.8 Å². The van der Waals surface area contributed by atoms with E-state index in [1.54, 1.807) is 61.5 Å². The van der Waals surface area contributed by atoms with Gasteiger partial charge in [0.2, 0.25) is 11.8 Å². The summed E-state index contributed by atoms with van der Waals surface area (Å²) in [5, 5.41) is 3.57. The molecule has 10 heteroatoms. The van der Waals surface area contributed by atoms with Crippen molar-refractivity contribution in [3.8, 4) is 0 Å². The molecule has 7 nitrogen and oxygen atoms in total. The van der Waals surface area contributed by atoms with E-state index in [9.17, 15) is 18.0 Å². The van der Waals surface area contributed by atoms with E-state index >= 15 is 0 Å². The first-order valence-corrected chi connectivity index (χ1v) is 15.0. The molecule has 1 atom stereocenters. The van der Waals surface area contributed by atoms with Crippen molar-refractivity contribution in [2.75, 3.05) is 10.8 Å². The first-order valence-electron chi connectivity index (χ1n) is 12.8. The number of nitrogens with zero attached hydrogens (tertiary/aromatic N) is 2. The summed E-state index contributed by atoms with van der Waals surface area (Å²) in [6.07, 6.45) is 0. The lowest BCUT2D eigenvalue weighted by Crippen LogP contribution is -2.54. The van der Waals surface area contributed by atoms with Gasteiger partial charge in [0.1, 0.15) is 12.6 Å². The van der Waals surface area contributed by atoms with E-state index in [1.165, 1.54) is 17.0 Å².